The van der Waals surface area contributed by atoms with Crippen molar-refractivity contribution in [1.29, 1.82) is 0 Å². The van der Waals surface area contributed by atoms with E-state index in [-0.39, 0.29) is 5.69 Å². The minimum absolute atomic E-state index is 0.0941. The monoisotopic (exact) mass is 307 g/mol. The van der Waals surface area contributed by atoms with Gasteiger partial charge in [0.25, 0.3) is 5.69 Å². The first-order valence-electron chi connectivity index (χ1n) is 6.84. The number of carboxylic acids is 1. The topological polar surface area (TPSA) is 122 Å². The number of rotatable bonds is 6. The van der Waals surface area contributed by atoms with Crippen molar-refractivity contribution in [1.82, 2.24) is 0 Å². The number of amides is 1. The lowest BCUT2D eigenvalue weighted by Gasteiger charge is -2.22. The second kappa shape index (κ2) is 6.99. The average molecular weight is 307 g/mol. The summed E-state index contributed by atoms with van der Waals surface area (Å²) in [6.45, 7) is 0.499. The van der Waals surface area contributed by atoms with E-state index >= 15 is 0 Å². The fourth-order valence-electron chi connectivity index (χ4n) is 2.39. The first kappa shape index (κ1) is 15.9. The van der Waals surface area contributed by atoms with Crippen LogP contribution in [-0.4, -0.2) is 29.5 Å². The van der Waals surface area contributed by atoms with Gasteiger partial charge < -0.3 is 20.0 Å². The molecule has 0 spiro atoms. The summed E-state index contributed by atoms with van der Waals surface area (Å²) in [4.78, 5) is 33.1. The van der Waals surface area contributed by atoms with Crippen LogP contribution in [0.5, 0.6) is 0 Å². The largest absolute Gasteiger partial charge is 0.550 e. The summed E-state index contributed by atoms with van der Waals surface area (Å²) in [7, 11) is 0. The van der Waals surface area contributed by atoms with Crippen molar-refractivity contribution in [3.63, 3.8) is 0 Å². The molecule has 0 aromatic heterocycles. The van der Waals surface area contributed by atoms with E-state index < -0.39 is 35.2 Å². The van der Waals surface area contributed by atoms with Crippen molar-refractivity contribution in [2.45, 2.75) is 25.4 Å². The number of carbonyl (C=O) groups is 2. The lowest BCUT2D eigenvalue weighted by Crippen LogP contribution is -2.38. The highest BCUT2D eigenvalue weighted by Crippen LogP contribution is 2.25. The molecule has 1 aliphatic heterocycles. The predicted octanol–water partition coefficient (Wildman–Crippen LogP) is 0.468. The molecule has 1 heterocycles. The maximum atomic E-state index is 12.2. The van der Waals surface area contributed by atoms with Crippen LogP contribution in [0.4, 0.5) is 11.4 Å². The van der Waals surface area contributed by atoms with Crippen LogP contribution in [0.3, 0.4) is 0 Å². The number of ether oxygens (including phenoxy) is 1. The minimum Gasteiger partial charge on any atom is -0.550 e. The molecule has 118 valence electrons. The second-order valence-electron chi connectivity index (χ2n) is 5.03. The molecule has 1 aliphatic rings. The third kappa shape index (κ3) is 4.01. The van der Waals surface area contributed by atoms with E-state index in [1.54, 1.807) is 0 Å². The molecule has 0 bridgehead atoms. The number of non-ortho nitro benzene ring substituents is 1. The van der Waals surface area contributed by atoms with Gasteiger partial charge in [-0.3, -0.25) is 14.9 Å². The Morgan fingerprint density at radius 3 is 2.55 bits per heavy atom. The van der Waals surface area contributed by atoms with Gasteiger partial charge in [-0.15, -0.1) is 0 Å². The fraction of sp³-hybridized carbons (Fsp3) is 0.429. The quantitative estimate of drug-likeness (QED) is 0.602. The van der Waals surface area contributed by atoms with E-state index in [2.05, 4.69) is 5.32 Å². The van der Waals surface area contributed by atoms with Gasteiger partial charge in [0, 0.05) is 36.8 Å². The zero-order valence-corrected chi connectivity index (χ0v) is 11.7. The Labute approximate surface area is 126 Å². The zero-order valence-electron chi connectivity index (χ0n) is 11.7. The molecule has 1 fully saturated rings. The van der Waals surface area contributed by atoms with Gasteiger partial charge in [-0.25, -0.2) is 0 Å². The first-order chi connectivity index (χ1) is 10.5. The predicted molar refractivity (Wildman–Crippen MR) is 73.8 cm³/mol. The molecule has 8 heteroatoms. The van der Waals surface area contributed by atoms with Crippen LogP contribution in [0.1, 0.15) is 19.3 Å². The summed E-state index contributed by atoms with van der Waals surface area (Å²) in [6.07, 6.45) is 0.518. The van der Waals surface area contributed by atoms with Crippen molar-refractivity contribution < 1.29 is 24.4 Å². The van der Waals surface area contributed by atoms with Crippen LogP contribution in [-0.2, 0) is 14.3 Å². The molecule has 1 saturated heterocycles. The number of carboxylic acid groups (broad SMARTS) is 1. The standard InChI is InChI=1S/C14H16N2O6/c17-13(18)8-11(12-2-1-7-22-12)14(19)15-9-3-5-10(6-4-9)16(20)21/h3-6,11-12H,1-2,7-8H2,(H,15,19)(H,17,18)/p-1/t11-,12-/m0/s1. The van der Waals surface area contributed by atoms with Gasteiger partial charge in [0.05, 0.1) is 16.9 Å². The number of nitro benzene ring substituents is 1. The number of nitrogens with zero attached hydrogens (tertiary/aromatic N) is 1. The van der Waals surface area contributed by atoms with E-state index in [1.807, 2.05) is 0 Å². The summed E-state index contributed by atoms with van der Waals surface area (Å²) in [5, 5.41) is 23.9. The lowest BCUT2D eigenvalue weighted by atomic mass is 9.95. The number of benzene rings is 1. The molecule has 1 N–H and O–H groups in total. The maximum absolute atomic E-state index is 12.2. The van der Waals surface area contributed by atoms with Crippen LogP contribution in [0.15, 0.2) is 24.3 Å². The fourth-order valence-corrected chi connectivity index (χ4v) is 2.39. The number of hydrogen-bond acceptors (Lipinski definition) is 6. The normalized spacial score (nSPS) is 18.6. The number of hydrogen-bond donors (Lipinski definition) is 1. The van der Waals surface area contributed by atoms with E-state index in [1.165, 1.54) is 24.3 Å². The Morgan fingerprint density at radius 1 is 1.36 bits per heavy atom. The van der Waals surface area contributed by atoms with Crippen LogP contribution in [0, 0.1) is 16.0 Å². The molecule has 1 aromatic carbocycles. The molecule has 0 unspecified atom stereocenters. The SMILES string of the molecule is O=C([O-])C[C@H](C(=O)Nc1ccc([N+](=O)[O-])cc1)[C@@H]1CCCO1. The molecule has 2 rings (SSSR count). The van der Waals surface area contributed by atoms with Gasteiger partial charge in [0.2, 0.25) is 5.91 Å². The Hall–Kier alpha value is -2.48. The molecule has 1 aromatic rings. The maximum Gasteiger partial charge on any atom is 0.269 e. The molecule has 1 amide bonds. The van der Waals surface area contributed by atoms with Crippen molar-refractivity contribution in [2.75, 3.05) is 11.9 Å². The highest BCUT2D eigenvalue weighted by Gasteiger charge is 2.31. The van der Waals surface area contributed by atoms with E-state index in [9.17, 15) is 24.8 Å². The smallest absolute Gasteiger partial charge is 0.269 e. The highest BCUT2D eigenvalue weighted by molar-refractivity contribution is 5.94. The molecular formula is C14H15N2O6-. The number of carbonyl (C=O) groups excluding carboxylic acids is 2. The molecule has 2 atom stereocenters. The minimum atomic E-state index is -1.32. The van der Waals surface area contributed by atoms with E-state index in [4.69, 9.17) is 4.74 Å². The summed E-state index contributed by atoms with van der Waals surface area (Å²) < 4.78 is 5.38. The van der Waals surface area contributed by atoms with Gasteiger partial charge >= 0.3 is 0 Å². The summed E-state index contributed by atoms with van der Waals surface area (Å²) in [5.41, 5.74) is 0.264. The average Bonchev–Trinajstić information content (AvgIpc) is 2.99. The van der Waals surface area contributed by atoms with Crippen molar-refractivity contribution in [3.8, 4) is 0 Å². The summed E-state index contributed by atoms with van der Waals surface area (Å²) >= 11 is 0. The van der Waals surface area contributed by atoms with Gasteiger partial charge in [0.15, 0.2) is 0 Å². The molecule has 0 aliphatic carbocycles. The van der Waals surface area contributed by atoms with Crippen LogP contribution in [0.2, 0.25) is 0 Å². The number of aliphatic carboxylic acids is 1. The highest BCUT2D eigenvalue weighted by atomic mass is 16.6. The molecule has 8 nitrogen and oxygen atoms in total. The molecule has 22 heavy (non-hydrogen) atoms. The first-order valence-corrected chi connectivity index (χ1v) is 6.84. The third-order valence-electron chi connectivity index (χ3n) is 3.48. The summed E-state index contributed by atoms with van der Waals surface area (Å²) in [5.74, 6) is -2.66. The second-order valence-corrected chi connectivity index (χ2v) is 5.03. The summed E-state index contributed by atoms with van der Waals surface area (Å²) in [6, 6.07) is 5.30. The number of anilines is 1. The van der Waals surface area contributed by atoms with Crippen molar-refractivity contribution in [2.24, 2.45) is 5.92 Å². The third-order valence-corrected chi connectivity index (χ3v) is 3.48. The van der Waals surface area contributed by atoms with E-state index in [0.29, 0.717) is 18.7 Å². The van der Waals surface area contributed by atoms with Gasteiger partial charge in [-0.2, -0.15) is 0 Å². The van der Waals surface area contributed by atoms with Crippen molar-refractivity contribution in [3.05, 3.63) is 34.4 Å². The molecular weight excluding hydrogens is 292 g/mol. The van der Waals surface area contributed by atoms with E-state index in [0.717, 1.165) is 6.42 Å². The number of nitro groups is 1. The lowest BCUT2D eigenvalue weighted by molar-refractivity contribution is -0.384. The Balaban J connectivity index is 2.06. The zero-order chi connectivity index (χ0) is 16.1. The van der Waals surface area contributed by atoms with Crippen LogP contribution >= 0.6 is 0 Å². The number of nitrogens with one attached hydrogen (secondary N) is 1. The Bertz CT molecular complexity index is 565. The van der Waals surface area contributed by atoms with Gasteiger partial charge in [0.1, 0.15) is 0 Å². The van der Waals surface area contributed by atoms with Gasteiger partial charge in [-0.1, -0.05) is 0 Å². The van der Waals surface area contributed by atoms with Crippen LogP contribution in [0.25, 0.3) is 0 Å². The van der Waals surface area contributed by atoms with Crippen LogP contribution < -0.4 is 10.4 Å². The Kier molecular flexibility index (Phi) is 5.05. The van der Waals surface area contributed by atoms with Gasteiger partial charge in [-0.05, 0) is 25.0 Å². The molecule has 0 radical (unpaired) electrons. The molecule has 0 saturated carbocycles. The van der Waals surface area contributed by atoms with Crippen molar-refractivity contribution >= 4 is 23.3 Å². The Morgan fingerprint density at radius 2 is 2.05 bits per heavy atom.